The molecule has 0 saturated carbocycles. The number of aliphatic hydroxyl groups excluding tert-OH is 1. The van der Waals surface area contributed by atoms with Crippen LogP contribution in [0.25, 0.3) is 0 Å². The fourth-order valence-electron chi connectivity index (χ4n) is 2.26. The number of benzene rings is 1. The molecule has 1 aromatic rings. The summed E-state index contributed by atoms with van der Waals surface area (Å²) in [6.07, 6.45) is 2.19. The summed E-state index contributed by atoms with van der Waals surface area (Å²) in [5.74, 6) is 0. The van der Waals surface area contributed by atoms with Gasteiger partial charge in [0.25, 0.3) is 0 Å². The largest absolute Gasteiger partial charge is 0.395 e. The van der Waals surface area contributed by atoms with Gasteiger partial charge in [0.15, 0.2) is 0 Å². The fraction of sp³-hybridized carbons (Fsp3) is 0.500. The van der Waals surface area contributed by atoms with Crippen molar-refractivity contribution >= 4 is 15.9 Å². The van der Waals surface area contributed by atoms with E-state index in [1.807, 2.05) is 12.1 Å². The van der Waals surface area contributed by atoms with Crippen molar-refractivity contribution in [3.05, 3.63) is 34.3 Å². The number of halogens is 1. The summed E-state index contributed by atoms with van der Waals surface area (Å²) < 4.78 is 1.08. The molecule has 0 radical (unpaired) electrons. The van der Waals surface area contributed by atoms with E-state index in [-0.39, 0.29) is 12.0 Å². The Kier molecular flexibility index (Phi) is 3.44. The van der Waals surface area contributed by atoms with E-state index < -0.39 is 0 Å². The minimum Gasteiger partial charge on any atom is -0.395 e. The lowest BCUT2D eigenvalue weighted by atomic mass is 9.75. The van der Waals surface area contributed by atoms with E-state index in [1.54, 1.807) is 0 Å². The highest BCUT2D eigenvalue weighted by Gasteiger charge is 2.33. The molecule has 0 spiro atoms. The first-order valence-corrected chi connectivity index (χ1v) is 6.14. The monoisotopic (exact) mass is 269 g/mol. The Morgan fingerprint density at radius 2 is 2.33 bits per heavy atom. The van der Waals surface area contributed by atoms with Crippen molar-refractivity contribution in [2.24, 2.45) is 0 Å². The predicted molar refractivity (Wildman–Crippen MR) is 65.0 cm³/mol. The summed E-state index contributed by atoms with van der Waals surface area (Å²) in [6, 6.07) is 8.27. The minimum atomic E-state index is -0.0813. The second-order valence-corrected chi connectivity index (χ2v) is 5.14. The maximum atomic E-state index is 9.63. The van der Waals surface area contributed by atoms with Crippen LogP contribution in [0, 0.1) is 0 Å². The lowest BCUT2D eigenvalue weighted by Gasteiger charge is -2.36. The van der Waals surface area contributed by atoms with Gasteiger partial charge < -0.3 is 10.4 Å². The van der Waals surface area contributed by atoms with Crippen LogP contribution in [0.2, 0.25) is 0 Å². The van der Waals surface area contributed by atoms with Gasteiger partial charge in [-0.05, 0) is 37.1 Å². The van der Waals surface area contributed by atoms with Crippen LogP contribution in [0.5, 0.6) is 0 Å². The van der Waals surface area contributed by atoms with Gasteiger partial charge in [-0.25, -0.2) is 0 Å². The first-order chi connectivity index (χ1) is 7.27. The molecule has 1 aliphatic rings. The van der Waals surface area contributed by atoms with Crippen LogP contribution in [-0.2, 0) is 5.41 Å². The maximum absolute atomic E-state index is 9.63. The van der Waals surface area contributed by atoms with E-state index in [1.165, 1.54) is 5.56 Å². The highest BCUT2D eigenvalue weighted by Crippen LogP contribution is 2.32. The van der Waals surface area contributed by atoms with Gasteiger partial charge in [-0.2, -0.15) is 0 Å². The highest BCUT2D eigenvalue weighted by atomic mass is 79.9. The first-order valence-electron chi connectivity index (χ1n) is 5.34. The Morgan fingerprint density at radius 3 is 2.93 bits per heavy atom. The van der Waals surface area contributed by atoms with Crippen molar-refractivity contribution in [1.82, 2.24) is 5.32 Å². The van der Waals surface area contributed by atoms with Crippen LogP contribution in [0.15, 0.2) is 28.7 Å². The Labute approximate surface area is 98.8 Å². The van der Waals surface area contributed by atoms with Crippen LogP contribution in [0.4, 0.5) is 0 Å². The molecule has 0 amide bonds. The van der Waals surface area contributed by atoms with Crippen molar-refractivity contribution in [1.29, 1.82) is 0 Å². The Bertz CT molecular complexity index is 334. The Balaban J connectivity index is 2.32. The quantitative estimate of drug-likeness (QED) is 0.862. The van der Waals surface area contributed by atoms with E-state index in [2.05, 4.69) is 33.4 Å². The molecule has 1 atom stereocenters. The third kappa shape index (κ3) is 2.25. The van der Waals surface area contributed by atoms with Gasteiger partial charge >= 0.3 is 0 Å². The summed E-state index contributed by atoms with van der Waals surface area (Å²) in [5, 5.41) is 13.0. The molecule has 0 aliphatic carbocycles. The van der Waals surface area contributed by atoms with E-state index in [0.717, 1.165) is 30.4 Å². The van der Waals surface area contributed by atoms with E-state index >= 15 is 0 Å². The summed E-state index contributed by atoms with van der Waals surface area (Å²) in [5.41, 5.74) is 1.15. The molecule has 3 heteroatoms. The Morgan fingerprint density at radius 1 is 1.47 bits per heavy atom. The maximum Gasteiger partial charge on any atom is 0.0540 e. The van der Waals surface area contributed by atoms with E-state index in [4.69, 9.17) is 0 Å². The first kappa shape index (κ1) is 11.1. The molecule has 15 heavy (non-hydrogen) atoms. The predicted octanol–water partition coefficient (Wildman–Crippen LogP) is 2.06. The summed E-state index contributed by atoms with van der Waals surface area (Å²) in [4.78, 5) is 0. The molecule has 2 rings (SSSR count). The molecule has 2 N–H and O–H groups in total. The Hall–Kier alpha value is -0.380. The second-order valence-electron chi connectivity index (χ2n) is 4.23. The van der Waals surface area contributed by atoms with Gasteiger partial charge in [0, 0.05) is 16.4 Å². The van der Waals surface area contributed by atoms with Crippen LogP contribution >= 0.6 is 15.9 Å². The molecule has 1 saturated heterocycles. The molecule has 1 aliphatic heterocycles. The van der Waals surface area contributed by atoms with Gasteiger partial charge in [0.2, 0.25) is 0 Å². The third-order valence-electron chi connectivity index (χ3n) is 3.21. The second kappa shape index (κ2) is 4.64. The minimum absolute atomic E-state index is 0.0813. The summed E-state index contributed by atoms with van der Waals surface area (Å²) >= 11 is 3.48. The zero-order chi connectivity index (χ0) is 10.7. The van der Waals surface area contributed by atoms with Gasteiger partial charge in [-0.1, -0.05) is 28.1 Å². The van der Waals surface area contributed by atoms with Crippen molar-refractivity contribution < 1.29 is 5.11 Å². The van der Waals surface area contributed by atoms with Crippen molar-refractivity contribution in [2.75, 3.05) is 19.7 Å². The van der Waals surface area contributed by atoms with Crippen LogP contribution in [0.1, 0.15) is 18.4 Å². The summed E-state index contributed by atoms with van der Waals surface area (Å²) in [7, 11) is 0. The van der Waals surface area contributed by atoms with Crippen LogP contribution in [0.3, 0.4) is 0 Å². The lowest BCUT2D eigenvalue weighted by Crippen LogP contribution is -2.45. The van der Waals surface area contributed by atoms with Gasteiger partial charge in [-0.15, -0.1) is 0 Å². The van der Waals surface area contributed by atoms with E-state index in [0.29, 0.717) is 0 Å². The molecular weight excluding hydrogens is 254 g/mol. The number of rotatable bonds is 2. The standard InChI is InChI=1S/C12H16BrNO/c13-11-4-1-3-10(7-11)12(9-15)5-2-6-14-8-12/h1,3-4,7,14-15H,2,5-6,8-9H2. The topological polar surface area (TPSA) is 32.3 Å². The molecular formula is C12H16BrNO. The van der Waals surface area contributed by atoms with Crippen LogP contribution in [-0.4, -0.2) is 24.8 Å². The molecule has 82 valence electrons. The number of aliphatic hydroxyl groups is 1. The average Bonchev–Trinajstić information content (AvgIpc) is 2.30. The molecule has 1 unspecified atom stereocenters. The third-order valence-corrected chi connectivity index (χ3v) is 3.71. The normalized spacial score (nSPS) is 26.5. The fourth-order valence-corrected chi connectivity index (χ4v) is 2.66. The summed E-state index contributed by atoms with van der Waals surface area (Å²) in [6.45, 7) is 2.16. The zero-order valence-electron chi connectivity index (χ0n) is 8.67. The number of hydrogen-bond acceptors (Lipinski definition) is 2. The number of piperidine rings is 1. The van der Waals surface area contributed by atoms with Crippen molar-refractivity contribution in [3.63, 3.8) is 0 Å². The van der Waals surface area contributed by atoms with Crippen molar-refractivity contribution in [2.45, 2.75) is 18.3 Å². The molecule has 2 nitrogen and oxygen atoms in total. The molecule has 0 aromatic heterocycles. The molecule has 1 aromatic carbocycles. The highest BCUT2D eigenvalue weighted by molar-refractivity contribution is 9.10. The van der Waals surface area contributed by atoms with Crippen LogP contribution < -0.4 is 5.32 Å². The zero-order valence-corrected chi connectivity index (χ0v) is 10.3. The SMILES string of the molecule is OCC1(c2cccc(Br)c2)CCCNC1. The molecule has 1 fully saturated rings. The number of hydrogen-bond donors (Lipinski definition) is 2. The molecule has 1 heterocycles. The van der Waals surface area contributed by atoms with E-state index in [9.17, 15) is 5.11 Å². The van der Waals surface area contributed by atoms with Gasteiger partial charge in [0.05, 0.1) is 6.61 Å². The van der Waals surface area contributed by atoms with Crippen molar-refractivity contribution in [3.8, 4) is 0 Å². The number of nitrogens with one attached hydrogen (secondary N) is 1. The molecule has 0 bridgehead atoms. The van der Waals surface area contributed by atoms with Gasteiger partial charge in [0.1, 0.15) is 0 Å². The van der Waals surface area contributed by atoms with Gasteiger partial charge in [-0.3, -0.25) is 0 Å². The lowest BCUT2D eigenvalue weighted by molar-refractivity contribution is 0.162. The average molecular weight is 270 g/mol. The smallest absolute Gasteiger partial charge is 0.0540 e.